The standard InChI is InChI=1S/C46H54N8O9/c1-4-6-28-8-11-30(12-9-28)31-13-15-32(16-14-31)43(59)48-22-20-40(57)52-36(7-5-21-49-50-26-47)45(61)54(3)41-33-17-19-39(56)35(25-33)34-23-29(10-18-38(34)55)24-37(46(62)63)53-42(58)27(2)51-44(41)60/h8-19,23,25-27,36-37,41,49,55-56H,4-7,20-22,24H2,1-3H3,(H2,47,50)(H,48,59)(H,51,60)(H,52,57)(H,53,58)(H,62,63)/t27-,36-,37-,41-/m0/s1. The van der Waals surface area contributed by atoms with Crippen LogP contribution in [0.1, 0.15) is 72.6 Å². The first kappa shape index (κ1) is 46.6. The van der Waals surface area contributed by atoms with Gasteiger partial charge in [-0.1, -0.05) is 61.9 Å². The summed E-state index contributed by atoms with van der Waals surface area (Å²) in [7, 11) is 1.34. The van der Waals surface area contributed by atoms with Gasteiger partial charge in [0.25, 0.3) is 5.91 Å². The first-order valence-corrected chi connectivity index (χ1v) is 20.7. The summed E-state index contributed by atoms with van der Waals surface area (Å²) in [6.07, 6.45) is 3.15. The van der Waals surface area contributed by atoms with E-state index < -0.39 is 53.8 Å². The minimum atomic E-state index is -1.47. The first-order chi connectivity index (χ1) is 30.2. The molecule has 4 aromatic carbocycles. The number of likely N-dealkylation sites (N-methyl/N-ethyl adjacent to an activating group) is 1. The van der Waals surface area contributed by atoms with Crippen LogP contribution in [-0.4, -0.2) is 100 Å². The Hall–Kier alpha value is -7.43. The molecule has 63 heavy (non-hydrogen) atoms. The minimum Gasteiger partial charge on any atom is -0.507 e. The van der Waals surface area contributed by atoms with Crippen LogP contribution in [0.4, 0.5) is 0 Å². The number of nitrogens with two attached hydrogens (primary N) is 1. The lowest BCUT2D eigenvalue weighted by Crippen LogP contribution is -2.55. The number of amides is 5. The molecule has 0 saturated carbocycles. The number of nitrogens with one attached hydrogen (secondary N) is 5. The van der Waals surface area contributed by atoms with Crippen molar-refractivity contribution in [1.82, 2.24) is 31.6 Å². The van der Waals surface area contributed by atoms with E-state index in [-0.39, 0.29) is 66.4 Å². The molecule has 0 unspecified atom stereocenters. The number of hydrazone groups is 1. The van der Waals surface area contributed by atoms with E-state index in [0.29, 0.717) is 17.5 Å². The first-order valence-electron chi connectivity index (χ1n) is 20.7. The van der Waals surface area contributed by atoms with E-state index in [0.717, 1.165) is 35.2 Å². The van der Waals surface area contributed by atoms with Gasteiger partial charge in [0, 0.05) is 49.7 Å². The van der Waals surface area contributed by atoms with Crippen molar-refractivity contribution in [3.63, 3.8) is 0 Å². The number of benzene rings is 4. The molecule has 4 bridgehead atoms. The molecule has 17 heteroatoms. The van der Waals surface area contributed by atoms with Crippen LogP contribution in [0.25, 0.3) is 22.3 Å². The summed E-state index contributed by atoms with van der Waals surface area (Å²) in [6, 6.07) is 18.4. The van der Waals surface area contributed by atoms with Crippen LogP contribution in [-0.2, 0) is 36.8 Å². The molecular weight excluding hydrogens is 809 g/mol. The number of rotatable bonds is 16. The van der Waals surface area contributed by atoms with Gasteiger partial charge in [0.15, 0.2) is 0 Å². The number of aryl methyl sites for hydroxylation is 1. The number of carboxylic acids is 1. The maximum absolute atomic E-state index is 14.4. The second-order valence-electron chi connectivity index (χ2n) is 15.3. The lowest BCUT2D eigenvalue weighted by Gasteiger charge is -2.32. The summed E-state index contributed by atoms with van der Waals surface area (Å²) in [5, 5.41) is 46.0. The number of hydrogen-bond donors (Lipinski definition) is 9. The van der Waals surface area contributed by atoms with Crippen molar-refractivity contribution in [3.8, 4) is 33.8 Å². The molecule has 0 spiro atoms. The summed E-state index contributed by atoms with van der Waals surface area (Å²) >= 11 is 0. The molecule has 0 saturated heterocycles. The summed E-state index contributed by atoms with van der Waals surface area (Å²) in [4.78, 5) is 81.6. The molecule has 0 radical (unpaired) electrons. The van der Waals surface area contributed by atoms with E-state index in [9.17, 15) is 44.1 Å². The molecule has 1 aliphatic heterocycles. The van der Waals surface area contributed by atoms with Crippen LogP contribution in [0, 0.1) is 0 Å². The highest BCUT2D eigenvalue weighted by Crippen LogP contribution is 2.39. The quantitative estimate of drug-likeness (QED) is 0.0342. The Morgan fingerprint density at radius 1 is 0.889 bits per heavy atom. The second-order valence-corrected chi connectivity index (χ2v) is 15.3. The van der Waals surface area contributed by atoms with Crippen molar-refractivity contribution in [2.24, 2.45) is 10.8 Å². The zero-order valence-corrected chi connectivity index (χ0v) is 35.4. The number of carboxylic acid groups (broad SMARTS) is 1. The maximum Gasteiger partial charge on any atom is 0.326 e. The summed E-state index contributed by atoms with van der Waals surface area (Å²) in [5.41, 5.74) is 12.5. The molecule has 0 aromatic heterocycles. The number of fused-ring (bicyclic) bond motifs is 5. The van der Waals surface area contributed by atoms with Crippen molar-refractivity contribution in [3.05, 3.63) is 107 Å². The van der Waals surface area contributed by atoms with E-state index in [2.05, 4.69) is 50.9 Å². The minimum absolute atomic E-state index is 0.0487. The summed E-state index contributed by atoms with van der Waals surface area (Å²) in [6.45, 7) is 3.71. The third kappa shape index (κ3) is 12.3. The van der Waals surface area contributed by atoms with Gasteiger partial charge in [-0.3, -0.25) is 24.0 Å². The zero-order chi connectivity index (χ0) is 45.6. The fourth-order valence-electron chi connectivity index (χ4n) is 7.26. The van der Waals surface area contributed by atoms with Gasteiger partial charge in [0.05, 0.1) is 0 Å². The zero-order valence-electron chi connectivity index (χ0n) is 35.4. The maximum atomic E-state index is 14.4. The normalized spacial score (nSPS) is 16.8. The number of aromatic hydroxyl groups is 2. The van der Waals surface area contributed by atoms with Crippen molar-refractivity contribution in [2.75, 3.05) is 20.1 Å². The highest BCUT2D eigenvalue weighted by Gasteiger charge is 2.36. The number of nitrogens with zero attached hydrogens (tertiary/aromatic N) is 2. The van der Waals surface area contributed by atoms with E-state index in [1.165, 1.54) is 55.9 Å². The third-order valence-electron chi connectivity index (χ3n) is 10.7. The largest absolute Gasteiger partial charge is 0.507 e. The van der Waals surface area contributed by atoms with Crippen LogP contribution in [0.5, 0.6) is 11.5 Å². The molecule has 5 amide bonds. The predicted octanol–water partition coefficient (Wildman–Crippen LogP) is 3.09. The van der Waals surface area contributed by atoms with Crippen molar-refractivity contribution < 1.29 is 44.1 Å². The Morgan fingerprint density at radius 3 is 2.19 bits per heavy atom. The Balaban J connectivity index is 1.35. The van der Waals surface area contributed by atoms with Gasteiger partial charge in [-0.05, 0) is 90.4 Å². The molecule has 10 N–H and O–H groups in total. The average Bonchev–Trinajstić information content (AvgIpc) is 3.26. The smallest absolute Gasteiger partial charge is 0.326 e. The molecular formula is C46H54N8O9. The van der Waals surface area contributed by atoms with Gasteiger partial charge in [-0.25, -0.2) is 4.79 Å². The van der Waals surface area contributed by atoms with Crippen LogP contribution in [0.15, 0.2) is 90.0 Å². The fourth-order valence-corrected chi connectivity index (χ4v) is 7.26. The van der Waals surface area contributed by atoms with Gasteiger partial charge >= 0.3 is 5.97 Å². The van der Waals surface area contributed by atoms with Gasteiger partial charge < -0.3 is 52.6 Å². The average molecular weight is 863 g/mol. The van der Waals surface area contributed by atoms with Gasteiger partial charge in [0.2, 0.25) is 23.6 Å². The van der Waals surface area contributed by atoms with Crippen molar-refractivity contribution in [2.45, 2.75) is 76.5 Å². The Bertz CT molecular complexity index is 2320. The molecule has 4 atom stereocenters. The predicted molar refractivity (Wildman–Crippen MR) is 236 cm³/mol. The highest BCUT2D eigenvalue weighted by atomic mass is 16.4. The van der Waals surface area contributed by atoms with Crippen LogP contribution in [0.2, 0.25) is 0 Å². The molecule has 332 valence electrons. The van der Waals surface area contributed by atoms with Crippen LogP contribution in [0.3, 0.4) is 0 Å². The molecule has 0 aliphatic carbocycles. The van der Waals surface area contributed by atoms with Crippen LogP contribution < -0.4 is 32.4 Å². The van der Waals surface area contributed by atoms with E-state index in [1.807, 2.05) is 24.3 Å². The Kier molecular flexibility index (Phi) is 16.2. The Morgan fingerprint density at radius 2 is 1.54 bits per heavy atom. The number of carbonyl (C=O) groups is 6. The van der Waals surface area contributed by atoms with Crippen molar-refractivity contribution in [1.29, 1.82) is 0 Å². The fraction of sp³-hybridized carbons (Fsp3) is 0.326. The lowest BCUT2D eigenvalue weighted by molar-refractivity contribution is -0.144. The van der Waals surface area contributed by atoms with E-state index in [1.54, 1.807) is 12.1 Å². The number of hydrogen-bond acceptors (Lipinski definition) is 10. The van der Waals surface area contributed by atoms with E-state index in [4.69, 9.17) is 5.73 Å². The summed E-state index contributed by atoms with van der Waals surface area (Å²) < 4.78 is 0. The second kappa shape index (κ2) is 21.9. The van der Waals surface area contributed by atoms with Crippen LogP contribution >= 0.6 is 0 Å². The molecule has 0 fully saturated rings. The molecule has 1 heterocycles. The highest BCUT2D eigenvalue weighted by molar-refractivity contribution is 5.97. The summed E-state index contributed by atoms with van der Waals surface area (Å²) in [5.74, 6) is -5.17. The lowest BCUT2D eigenvalue weighted by atomic mass is 9.93. The topological polar surface area (TPSA) is 265 Å². The number of carbonyl (C=O) groups excluding carboxylic acids is 5. The van der Waals surface area contributed by atoms with Crippen molar-refractivity contribution >= 4 is 41.8 Å². The Labute approximate surface area is 365 Å². The van der Waals surface area contributed by atoms with Gasteiger partial charge in [-0.15, -0.1) is 0 Å². The number of aliphatic carboxylic acids is 1. The molecule has 4 aromatic rings. The van der Waals surface area contributed by atoms with E-state index >= 15 is 0 Å². The number of phenols is 2. The number of phenolic OH excluding ortho intramolecular Hbond substituents is 2. The van der Waals surface area contributed by atoms with Gasteiger partial charge in [-0.2, -0.15) is 5.10 Å². The monoisotopic (exact) mass is 862 g/mol. The molecule has 5 rings (SSSR count). The molecule has 17 nitrogen and oxygen atoms in total. The molecule has 1 aliphatic rings. The van der Waals surface area contributed by atoms with Gasteiger partial charge in [0.1, 0.15) is 42.0 Å². The third-order valence-corrected chi connectivity index (χ3v) is 10.7. The SMILES string of the molecule is CCCc1ccc(-c2ccc(C(=O)NCCC(=O)N[C@@H](CCCNN=CN)C(=O)N(C)[C@@H]3C(=O)N[C@@H](C)C(=O)N[C@H](C(=O)O)Cc4ccc(O)c(c4)-c4cc3ccc4O)cc2)cc1.